The van der Waals surface area contributed by atoms with Gasteiger partial charge in [-0.05, 0) is 38.3 Å². The third-order valence-corrected chi connectivity index (χ3v) is 2.96. The summed E-state index contributed by atoms with van der Waals surface area (Å²) in [7, 11) is 0. The molecule has 0 unspecified atom stereocenters. The summed E-state index contributed by atoms with van der Waals surface area (Å²) >= 11 is 5.78. The van der Waals surface area contributed by atoms with Gasteiger partial charge in [0.05, 0.1) is 4.92 Å². The number of rotatable bonds is 4. The monoisotopic (exact) mass is 256 g/mol. The highest BCUT2D eigenvalue weighted by Gasteiger charge is 2.34. The molecule has 0 aliphatic heterocycles. The lowest BCUT2D eigenvalue weighted by molar-refractivity contribution is -0.385. The highest BCUT2D eigenvalue weighted by Crippen LogP contribution is 2.36. The van der Waals surface area contributed by atoms with E-state index in [1.807, 2.05) is 11.8 Å². The van der Waals surface area contributed by atoms with Gasteiger partial charge in [-0.3, -0.25) is 10.1 Å². The zero-order valence-corrected chi connectivity index (χ0v) is 10.4. The van der Waals surface area contributed by atoms with Gasteiger partial charge in [0.2, 0.25) is 11.1 Å². The van der Waals surface area contributed by atoms with E-state index in [2.05, 4.69) is 9.97 Å². The van der Waals surface area contributed by atoms with E-state index >= 15 is 0 Å². The molecular formula is C10H13ClN4O2. The maximum atomic E-state index is 11.1. The first kappa shape index (κ1) is 12.0. The van der Waals surface area contributed by atoms with Gasteiger partial charge in [0, 0.05) is 12.6 Å². The fourth-order valence-corrected chi connectivity index (χ4v) is 2.11. The first-order valence-electron chi connectivity index (χ1n) is 5.49. The Morgan fingerprint density at radius 2 is 2.18 bits per heavy atom. The predicted molar refractivity (Wildman–Crippen MR) is 64.5 cm³/mol. The van der Waals surface area contributed by atoms with Crippen molar-refractivity contribution in [2.45, 2.75) is 32.7 Å². The Hall–Kier alpha value is -1.43. The summed E-state index contributed by atoms with van der Waals surface area (Å²) < 4.78 is 0. The van der Waals surface area contributed by atoms with E-state index in [-0.39, 0.29) is 11.0 Å². The Balaban J connectivity index is 2.52. The van der Waals surface area contributed by atoms with Crippen LogP contribution in [0, 0.1) is 17.0 Å². The molecule has 1 aromatic heterocycles. The Bertz CT molecular complexity index is 462. The quantitative estimate of drug-likeness (QED) is 0.470. The molecule has 1 heterocycles. The van der Waals surface area contributed by atoms with Gasteiger partial charge in [-0.15, -0.1) is 0 Å². The maximum absolute atomic E-state index is 11.1. The van der Waals surface area contributed by atoms with Crippen molar-refractivity contribution >= 4 is 23.1 Å². The zero-order valence-electron chi connectivity index (χ0n) is 9.68. The highest BCUT2D eigenvalue weighted by molar-refractivity contribution is 6.28. The van der Waals surface area contributed by atoms with Gasteiger partial charge in [0.15, 0.2) is 0 Å². The summed E-state index contributed by atoms with van der Waals surface area (Å²) in [5, 5.41) is 11.1. The lowest BCUT2D eigenvalue weighted by Gasteiger charge is -2.21. The molecule has 1 aromatic rings. The van der Waals surface area contributed by atoms with Crippen molar-refractivity contribution in [3.63, 3.8) is 0 Å². The van der Waals surface area contributed by atoms with Crippen LogP contribution in [-0.2, 0) is 0 Å². The third kappa shape index (κ3) is 2.31. The summed E-state index contributed by atoms with van der Waals surface area (Å²) in [4.78, 5) is 20.4. The molecule has 0 amide bonds. The Morgan fingerprint density at radius 1 is 1.53 bits per heavy atom. The van der Waals surface area contributed by atoms with Crippen LogP contribution < -0.4 is 4.90 Å². The Labute approximate surface area is 104 Å². The molecule has 92 valence electrons. The second-order valence-electron chi connectivity index (χ2n) is 4.02. The third-order valence-electron chi connectivity index (χ3n) is 2.80. The maximum Gasteiger partial charge on any atom is 0.332 e. The summed E-state index contributed by atoms with van der Waals surface area (Å²) in [5.41, 5.74) is 0.271. The summed E-state index contributed by atoms with van der Waals surface area (Å²) in [5.74, 6) is 0.345. The number of halogens is 1. The molecule has 0 spiro atoms. The second-order valence-corrected chi connectivity index (χ2v) is 4.36. The zero-order chi connectivity index (χ0) is 12.6. The van der Waals surface area contributed by atoms with Crippen LogP contribution in [0.5, 0.6) is 0 Å². The van der Waals surface area contributed by atoms with Crippen LogP contribution in [-0.4, -0.2) is 27.5 Å². The molecule has 2 rings (SSSR count). The fraction of sp³-hybridized carbons (Fsp3) is 0.600. The lowest BCUT2D eigenvalue weighted by atomic mass is 10.3. The number of aromatic nitrogens is 2. The van der Waals surface area contributed by atoms with Gasteiger partial charge >= 0.3 is 5.69 Å². The van der Waals surface area contributed by atoms with Gasteiger partial charge in [-0.1, -0.05) is 0 Å². The van der Waals surface area contributed by atoms with E-state index in [9.17, 15) is 10.1 Å². The molecule has 0 N–H and O–H groups in total. The Morgan fingerprint density at radius 3 is 2.65 bits per heavy atom. The van der Waals surface area contributed by atoms with E-state index in [1.165, 1.54) is 0 Å². The van der Waals surface area contributed by atoms with Crippen molar-refractivity contribution in [3.05, 3.63) is 21.1 Å². The topological polar surface area (TPSA) is 72.2 Å². The van der Waals surface area contributed by atoms with E-state index in [0.29, 0.717) is 24.1 Å². The molecule has 0 saturated heterocycles. The normalized spacial score (nSPS) is 14.8. The molecule has 1 aliphatic carbocycles. The molecule has 0 atom stereocenters. The number of aryl methyl sites for hydroxylation is 1. The van der Waals surface area contributed by atoms with E-state index < -0.39 is 4.92 Å². The minimum absolute atomic E-state index is 0.0388. The van der Waals surface area contributed by atoms with Crippen molar-refractivity contribution in [1.82, 2.24) is 9.97 Å². The van der Waals surface area contributed by atoms with Crippen molar-refractivity contribution in [1.29, 1.82) is 0 Å². The van der Waals surface area contributed by atoms with Crippen LogP contribution in [0.15, 0.2) is 0 Å². The van der Waals surface area contributed by atoms with Crippen LogP contribution in [0.4, 0.5) is 11.5 Å². The van der Waals surface area contributed by atoms with Crippen molar-refractivity contribution < 1.29 is 4.92 Å². The number of hydrogen-bond donors (Lipinski definition) is 0. The fourth-order valence-electron chi connectivity index (χ4n) is 1.90. The highest BCUT2D eigenvalue weighted by atomic mass is 35.5. The van der Waals surface area contributed by atoms with E-state index in [4.69, 9.17) is 11.6 Å². The Kier molecular flexibility index (Phi) is 3.15. The first-order valence-corrected chi connectivity index (χ1v) is 5.87. The van der Waals surface area contributed by atoms with Gasteiger partial charge in [-0.25, -0.2) is 4.98 Å². The molecule has 17 heavy (non-hydrogen) atoms. The molecule has 0 bridgehead atoms. The molecule has 1 fully saturated rings. The smallest absolute Gasteiger partial charge is 0.332 e. The van der Waals surface area contributed by atoms with Crippen LogP contribution >= 0.6 is 11.6 Å². The summed E-state index contributed by atoms with van der Waals surface area (Å²) in [6.07, 6.45) is 2.09. The summed E-state index contributed by atoms with van der Waals surface area (Å²) in [6.45, 7) is 4.21. The molecule has 0 radical (unpaired) electrons. The number of anilines is 1. The van der Waals surface area contributed by atoms with E-state index in [0.717, 1.165) is 12.8 Å². The molecule has 1 aliphatic rings. The number of nitrogens with zero attached hydrogens (tertiary/aromatic N) is 4. The van der Waals surface area contributed by atoms with Gasteiger partial charge in [0.25, 0.3) is 0 Å². The van der Waals surface area contributed by atoms with Crippen LogP contribution in [0.3, 0.4) is 0 Å². The molecule has 0 aromatic carbocycles. The average molecular weight is 257 g/mol. The SMILES string of the molecule is CCN(c1nc(Cl)nc(C)c1[N+](=O)[O-])C1CC1. The standard InChI is InChI=1S/C10H13ClN4O2/c1-3-14(7-4-5-7)9-8(15(16)17)6(2)12-10(11)13-9/h7H,3-5H2,1-2H3. The molecule has 7 heteroatoms. The van der Waals surface area contributed by atoms with Gasteiger partial charge in [0.1, 0.15) is 5.69 Å². The number of hydrogen-bond acceptors (Lipinski definition) is 5. The van der Waals surface area contributed by atoms with Crippen molar-refractivity contribution in [3.8, 4) is 0 Å². The lowest BCUT2D eigenvalue weighted by Crippen LogP contribution is -2.27. The van der Waals surface area contributed by atoms with Crippen molar-refractivity contribution in [2.75, 3.05) is 11.4 Å². The molecule has 1 saturated carbocycles. The van der Waals surface area contributed by atoms with Crippen LogP contribution in [0.1, 0.15) is 25.5 Å². The minimum Gasteiger partial charge on any atom is -0.348 e. The largest absolute Gasteiger partial charge is 0.348 e. The second kappa shape index (κ2) is 4.44. The van der Waals surface area contributed by atoms with Crippen LogP contribution in [0.2, 0.25) is 5.28 Å². The average Bonchev–Trinajstić information content (AvgIpc) is 3.01. The van der Waals surface area contributed by atoms with Gasteiger partial charge < -0.3 is 4.90 Å². The van der Waals surface area contributed by atoms with Crippen LogP contribution in [0.25, 0.3) is 0 Å². The predicted octanol–water partition coefficient (Wildman–Crippen LogP) is 2.34. The summed E-state index contributed by atoms with van der Waals surface area (Å²) in [6, 6.07) is 0.351. The minimum atomic E-state index is -0.438. The van der Waals surface area contributed by atoms with Gasteiger partial charge in [-0.2, -0.15) is 4.98 Å². The van der Waals surface area contributed by atoms with Crippen molar-refractivity contribution in [2.24, 2.45) is 0 Å². The molecular weight excluding hydrogens is 244 g/mol. The number of nitro groups is 1. The molecule has 6 nitrogen and oxygen atoms in total. The first-order chi connectivity index (χ1) is 8.04. The van der Waals surface area contributed by atoms with E-state index in [1.54, 1.807) is 6.92 Å².